The third kappa shape index (κ3) is 6.93. The number of thiazole rings is 1. The largest absolute Gasteiger partial charge is 0.351 e. The molecule has 2 aliphatic rings. The van der Waals surface area contributed by atoms with Gasteiger partial charge in [-0.05, 0) is 57.0 Å². The maximum absolute atomic E-state index is 16.3. The van der Waals surface area contributed by atoms with Crippen molar-refractivity contribution in [2.75, 3.05) is 39.5 Å². The van der Waals surface area contributed by atoms with E-state index in [1.807, 2.05) is 18.6 Å². The van der Waals surface area contributed by atoms with Crippen LogP contribution >= 0.6 is 11.3 Å². The fraction of sp³-hybridized carbons (Fsp3) is 0.367. The number of anilines is 3. The Morgan fingerprint density at radius 3 is 2.30 bits per heavy atom. The molecule has 2 aromatic carbocycles. The summed E-state index contributed by atoms with van der Waals surface area (Å²) in [5, 5.41) is 7.18. The van der Waals surface area contributed by atoms with Gasteiger partial charge in [-0.25, -0.2) is 45.0 Å². The Kier molecular flexibility index (Phi) is 9.17. The molecule has 4 heterocycles. The molecule has 0 spiro atoms. The average molecular weight is 708 g/mol. The first-order valence-corrected chi connectivity index (χ1v) is 19.0. The minimum atomic E-state index is -4.85. The Labute approximate surface area is 274 Å². The lowest BCUT2D eigenvalue weighted by Crippen LogP contribution is -2.55. The molecule has 2 fully saturated rings. The van der Waals surface area contributed by atoms with Gasteiger partial charge < -0.3 is 15.5 Å². The molecule has 11 nitrogen and oxygen atoms in total. The van der Waals surface area contributed by atoms with E-state index in [2.05, 4.69) is 25.5 Å². The number of aromatic nitrogens is 3. The van der Waals surface area contributed by atoms with E-state index in [-0.39, 0.29) is 46.8 Å². The molecule has 2 aliphatic heterocycles. The van der Waals surface area contributed by atoms with Crippen LogP contribution in [0.5, 0.6) is 0 Å². The molecule has 2 saturated heterocycles. The molecule has 2 aromatic heterocycles. The smallest absolute Gasteiger partial charge is 0.267 e. The summed E-state index contributed by atoms with van der Waals surface area (Å²) < 4.78 is 96.8. The van der Waals surface area contributed by atoms with E-state index < -0.39 is 47.9 Å². The Morgan fingerprint density at radius 2 is 1.62 bits per heavy atom. The van der Waals surface area contributed by atoms with E-state index in [0.717, 1.165) is 24.3 Å². The molecule has 0 aliphatic carbocycles. The molecule has 6 rings (SSSR count). The summed E-state index contributed by atoms with van der Waals surface area (Å²) in [5.74, 6) is -3.23. The van der Waals surface area contributed by atoms with Gasteiger partial charge in [0.1, 0.15) is 21.5 Å². The van der Waals surface area contributed by atoms with Crippen molar-refractivity contribution < 1.29 is 30.0 Å². The summed E-state index contributed by atoms with van der Waals surface area (Å²) >= 11 is 1.29. The van der Waals surface area contributed by atoms with Crippen LogP contribution in [0.15, 0.2) is 53.6 Å². The molecule has 0 bridgehead atoms. The van der Waals surface area contributed by atoms with Gasteiger partial charge in [-0.3, -0.25) is 4.72 Å². The summed E-state index contributed by atoms with van der Waals surface area (Å²) in [6.45, 7) is 5.48. The third-order valence-corrected chi connectivity index (χ3v) is 12.4. The lowest BCUT2D eigenvalue weighted by molar-refractivity contribution is 0.431. The van der Waals surface area contributed by atoms with Crippen LogP contribution in [-0.2, 0) is 19.9 Å². The third-order valence-electron chi connectivity index (χ3n) is 8.13. The van der Waals surface area contributed by atoms with Crippen LogP contribution in [0, 0.1) is 17.5 Å². The normalized spacial score (nSPS) is 20.2. The van der Waals surface area contributed by atoms with Gasteiger partial charge in [0.25, 0.3) is 10.0 Å². The van der Waals surface area contributed by atoms with Gasteiger partial charge in [0.05, 0.1) is 33.5 Å². The maximum Gasteiger partial charge on any atom is 0.267 e. The van der Waals surface area contributed by atoms with Gasteiger partial charge in [-0.15, -0.1) is 0 Å². The van der Waals surface area contributed by atoms with Crippen molar-refractivity contribution in [2.24, 2.45) is 0 Å². The highest BCUT2D eigenvalue weighted by Crippen LogP contribution is 2.43. The molecule has 0 amide bonds. The van der Waals surface area contributed by atoms with Gasteiger partial charge in [0.15, 0.2) is 15.8 Å². The molecule has 0 unspecified atom stereocenters. The van der Waals surface area contributed by atoms with Gasteiger partial charge in [0.2, 0.25) is 5.95 Å². The van der Waals surface area contributed by atoms with Crippen molar-refractivity contribution in [2.45, 2.75) is 49.7 Å². The van der Waals surface area contributed by atoms with Crippen LogP contribution < -0.4 is 20.3 Å². The van der Waals surface area contributed by atoms with Crippen LogP contribution in [0.25, 0.3) is 21.8 Å². The van der Waals surface area contributed by atoms with Crippen LogP contribution in [0.3, 0.4) is 0 Å². The number of nitrogens with one attached hydrogen (secondary N) is 3. The molecule has 17 heteroatoms. The number of hydrogen-bond donors (Lipinski definition) is 3. The van der Waals surface area contributed by atoms with Gasteiger partial charge in [-0.1, -0.05) is 23.5 Å². The van der Waals surface area contributed by atoms with Gasteiger partial charge in [-0.2, -0.15) is 0 Å². The lowest BCUT2D eigenvalue weighted by atomic mass is 10.1. The van der Waals surface area contributed by atoms with E-state index in [9.17, 15) is 25.6 Å². The van der Waals surface area contributed by atoms with E-state index in [1.165, 1.54) is 29.7 Å². The number of halogens is 3. The molecule has 2 atom stereocenters. The SMILES string of the molecule is C[C@H]1CNC[C@H](C)N1c1nc(-c2cccc(NS(=O)(=O)c3c(F)cccc3F)c2F)c(-c2ccnc(NC3CCS(=O)(=O)CC3)n2)s1. The highest BCUT2D eigenvalue weighted by atomic mass is 32.2. The molecule has 250 valence electrons. The zero-order chi connectivity index (χ0) is 33.5. The molecule has 0 saturated carbocycles. The number of piperazine rings is 1. The topological polar surface area (TPSA) is 146 Å². The Bertz CT molecular complexity index is 1980. The second-order valence-electron chi connectivity index (χ2n) is 11.6. The fourth-order valence-electron chi connectivity index (χ4n) is 5.79. The number of rotatable bonds is 8. The van der Waals surface area contributed by atoms with Crippen LogP contribution in [0.4, 0.5) is 29.9 Å². The van der Waals surface area contributed by atoms with Crippen molar-refractivity contribution in [1.29, 1.82) is 0 Å². The Hall–Kier alpha value is -3.80. The molecular formula is C30H32F3N7O4S3. The number of sulfone groups is 1. The number of benzene rings is 2. The zero-order valence-electron chi connectivity index (χ0n) is 25.4. The first kappa shape index (κ1) is 33.1. The summed E-state index contributed by atoms with van der Waals surface area (Å²) in [6, 6.07) is 8.23. The van der Waals surface area contributed by atoms with Crippen LogP contribution in [-0.4, -0.2) is 74.5 Å². The predicted octanol–water partition coefficient (Wildman–Crippen LogP) is 4.66. The van der Waals surface area contributed by atoms with Crippen molar-refractivity contribution in [3.63, 3.8) is 0 Å². The Morgan fingerprint density at radius 1 is 0.957 bits per heavy atom. The van der Waals surface area contributed by atoms with E-state index in [1.54, 1.807) is 6.07 Å². The highest BCUT2D eigenvalue weighted by molar-refractivity contribution is 7.92. The maximum atomic E-state index is 16.3. The number of nitrogens with zero attached hydrogens (tertiary/aromatic N) is 4. The van der Waals surface area contributed by atoms with Crippen molar-refractivity contribution in [3.8, 4) is 21.8 Å². The predicted molar refractivity (Wildman–Crippen MR) is 175 cm³/mol. The monoisotopic (exact) mass is 707 g/mol. The first-order chi connectivity index (χ1) is 22.3. The van der Waals surface area contributed by atoms with Crippen LogP contribution in [0.1, 0.15) is 26.7 Å². The zero-order valence-corrected chi connectivity index (χ0v) is 27.8. The van der Waals surface area contributed by atoms with Crippen molar-refractivity contribution >= 4 is 48.0 Å². The molecule has 47 heavy (non-hydrogen) atoms. The number of hydrogen-bond acceptors (Lipinski definition) is 11. The van der Waals surface area contributed by atoms with Gasteiger partial charge >= 0.3 is 0 Å². The Balaban J connectivity index is 1.41. The summed E-state index contributed by atoms with van der Waals surface area (Å²) in [6.07, 6.45) is 2.36. The second-order valence-corrected chi connectivity index (χ2v) is 16.5. The fourth-order valence-corrected chi connectivity index (χ4v) is 9.73. The first-order valence-electron chi connectivity index (χ1n) is 14.9. The van der Waals surface area contributed by atoms with E-state index in [0.29, 0.717) is 41.6 Å². The van der Waals surface area contributed by atoms with E-state index >= 15 is 4.39 Å². The molecule has 0 radical (unpaired) electrons. The van der Waals surface area contributed by atoms with Crippen LogP contribution in [0.2, 0.25) is 0 Å². The lowest BCUT2D eigenvalue weighted by Gasteiger charge is -2.39. The average Bonchev–Trinajstić information content (AvgIpc) is 3.44. The minimum Gasteiger partial charge on any atom is -0.351 e. The van der Waals surface area contributed by atoms with Gasteiger partial charge in [0, 0.05) is 43.0 Å². The minimum absolute atomic E-state index is 0.0504. The summed E-state index contributed by atoms with van der Waals surface area (Å²) in [4.78, 5) is 15.2. The summed E-state index contributed by atoms with van der Waals surface area (Å²) in [7, 11) is -7.92. The van der Waals surface area contributed by atoms with Crippen molar-refractivity contribution in [1.82, 2.24) is 20.3 Å². The standard InChI is InChI=1S/C30H32F3N7O4S3/c1-17-15-34-16-18(2)40(17)30-38-26(27(45-30)24-9-12-35-29(37-24)36-19-10-13-46(41,42)14-11-19)20-5-3-8-23(25(20)33)39-47(43,44)28-21(31)6-4-7-22(28)32/h3-9,12,17-19,34,39H,10-11,13-16H2,1-2H3,(H,35,36,37)/t17-,18-/m0/s1. The summed E-state index contributed by atoms with van der Waals surface area (Å²) in [5.41, 5.74) is 0.0236. The van der Waals surface area contributed by atoms with E-state index in [4.69, 9.17) is 4.98 Å². The molecule has 4 aromatic rings. The molecular weight excluding hydrogens is 676 g/mol. The highest BCUT2D eigenvalue weighted by Gasteiger charge is 2.31. The number of sulfonamides is 1. The van der Waals surface area contributed by atoms with Crippen molar-refractivity contribution in [3.05, 3.63) is 66.1 Å². The second kappa shape index (κ2) is 13.0. The molecule has 3 N–H and O–H groups in total. The quantitative estimate of drug-likeness (QED) is 0.236.